The maximum absolute atomic E-state index is 12.8. The molecule has 0 aliphatic carbocycles. The molecule has 1 unspecified atom stereocenters. The molecule has 1 N–H and O–H groups in total. The van der Waals surface area contributed by atoms with Crippen molar-refractivity contribution < 1.29 is 13.2 Å². The Labute approximate surface area is 191 Å². The number of sulfonamides is 1. The third-order valence-corrected chi connectivity index (χ3v) is 6.54. The zero-order chi connectivity index (χ0) is 23.1. The molecule has 0 aromatic heterocycles. The van der Waals surface area contributed by atoms with Crippen LogP contribution in [0.1, 0.15) is 41.1 Å². The molecule has 3 aromatic carbocycles. The fourth-order valence-corrected chi connectivity index (χ4v) is 4.80. The molecule has 6 heteroatoms. The van der Waals surface area contributed by atoms with E-state index in [0.29, 0.717) is 12.1 Å². The van der Waals surface area contributed by atoms with Gasteiger partial charge in [0.25, 0.3) is 0 Å². The molecule has 5 nitrogen and oxygen atoms in total. The van der Waals surface area contributed by atoms with Gasteiger partial charge in [-0.1, -0.05) is 78.4 Å². The van der Waals surface area contributed by atoms with Crippen molar-refractivity contribution in [2.75, 3.05) is 17.1 Å². The molecule has 0 aliphatic heterocycles. The topological polar surface area (TPSA) is 66.5 Å². The molecule has 0 spiro atoms. The number of hydrogen-bond donors (Lipinski definition) is 1. The summed E-state index contributed by atoms with van der Waals surface area (Å²) in [4.78, 5) is 12.8. The van der Waals surface area contributed by atoms with Crippen molar-refractivity contribution >= 4 is 21.6 Å². The van der Waals surface area contributed by atoms with E-state index in [1.54, 1.807) is 6.07 Å². The summed E-state index contributed by atoms with van der Waals surface area (Å²) in [6, 6.07) is 25.1. The van der Waals surface area contributed by atoms with Gasteiger partial charge in [0.15, 0.2) is 0 Å². The third kappa shape index (κ3) is 6.20. The molecule has 0 radical (unpaired) electrons. The highest BCUT2D eigenvalue weighted by Gasteiger charge is 2.20. The molecule has 3 aromatic rings. The molecular formula is C26H30N2O3S. The lowest BCUT2D eigenvalue weighted by atomic mass is 9.97. The number of aryl methyl sites for hydroxylation is 2. The molecule has 0 bridgehead atoms. The van der Waals surface area contributed by atoms with E-state index in [-0.39, 0.29) is 24.9 Å². The lowest BCUT2D eigenvalue weighted by molar-refractivity contribution is -0.121. The third-order valence-electron chi connectivity index (χ3n) is 5.36. The second-order valence-corrected chi connectivity index (χ2v) is 9.96. The summed E-state index contributed by atoms with van der Waals surface area (Å²) in [5.74, 6) is -0.112. The Bertz CT molecular complexity index is 1160. The SMILES string of the molecule is Cc1cccc(C(NC(=O)CCCN(c2ccccc2C)S(C)(=O)=O)c2ccccc2)c1. The number of anilines is 1. The minimum Gasteiger partial charge on any atom is -0.345 e. The van der Waals surface area contributed by atoms with Crippen LogP contribution in [0, 0.1) is 13.8 Å². The Hall–Kier alpha value is -3.12. The van der Waals surface area contributed by atoms with Crippen molar-refractivity contribution in [3.8, 4) is 0 Å². The Morgan fingerprint density at radius 3 is 2.22 bits per heavy atom. The first-order valence-electron chi connectivity index (χ1n) is 10.7. The van der Waals surface area contributed by atoms with Gasteiger partial charge in [0.2, 0.25) is 15.9 Å². The van der Waals surface area contributed by atoms with Crippen LogP contribution < -0.4 is 9.62 Å². The van der Waals surface area contributed by atoms with E-state index in [0.717, 1.165) is 22.3 Å². The fourth-order valence-electron chi connectivity index (χ4n) is 3.78. The van der Waals surface area contributed by atoms with Crippen LogP contribution in [0.4, 0.5) is 5.69 Å². The first-order chi connectivity index (χ1) is 15.3. The van der Waals surface area contributed by atoms with Crippen LogP contribution in [-0.4, -0.2) is 27.1 Å². The van der Waals surface area contributed by atoms with Crippen LogP contribution in [-0.2, 0) is 14.8 Å². The van der Waals surface area contributed by atoms with E-state index in [1.807, 2.05) is 80.6 Å². The number of amides is 1. The van der Waals surface area contributed by atoms with Crippen LogP contribution in [0.2, 0.25) is 0 Å². The lowest BCUT2D eigenvalue weighted by Crippen LogP contribution is -2.33. The van der Waals surface area contributed by atoms with E-state index in [1.165, 1.54) is 10.6 Å². The van der Waals surface area contributed by atoms with Crippen molar-refractivity contribution in [1.82, 2.24) is 5.32 Å². The zero-order valence-electron chi connectivity index (χ0n) is 18.8. The lowest BCUT2D eigenvalue weighted by Gasteiger charge is -2.24. The molecule has 0 saturated heterocycles. The highest BCUT2D eigenvalue weighted by molar-refractivity contribution is 7.92. The molecule has 0 aliphatic rings. The van der Waals surface area contributed by atoms with E-state index >= 15 is 0 Å². The summed E-state index contributed by atoms with van der Waals surface area (Å²) in [5.41, 5.74) is 4.68. The summed E-state index contributed by atoms with van der Waals surface area (Å²) in [7, 11) is -3.45. The highest BCUT2D eigenvalue weighted by atomic mass is 32.2. The number of para-hydroxylation sites is 1. The molecule has 0 heterocycles. The number of rotatable bonds is 9. The van der Waals surface area contributed by atoms with Crippen LogP contribution in [0.15, 0.2) is 78.9 Å². The van der Waals surface area contributed by atoms with Crippen LogP contribution in [0.5, 0.6) is 0 Å². The van der Waals surface area contributed by atoms with Crippen LogP contribution in [0.25, 0.3) is 0 Å². The molecule has 1 amide bonds. The quantitative estimate of drug-likeness (QED) is 0.511. The number of nitrogens with one attached hydrogen (secondary N) is 1. The van der Waals surface area contributed by atoms with Crippen molar-refractivity contribution in [1.29, 1.82) is 0 Å². The number of carbonyl (C=O) groups excluding carboxylic acids is 1. The van der Waals surface area contributed by atoms with E-state index < -0.39 is 10.0 Å². The Balaban J connectivity index is 1.70. The van der Waals surface area contributed by atoms with Gasteiger partial charge in [-0.05, 0) is 43.0 Å². The van der Waals surface area contributed by atoms with E-state index in [4.69, 9.17) is 0 Å². The Morgan fingerprint density at radius 2 is 1.56 bits per heavy atom. The molecule has 0 fully saturated rings. The molecule has 1 atom stereocenters. The molecule has 3 rings (SSSR count). The average molecular weight is 451 g/mol. The van der Waals surface area contributed by atoms with Gasteiger partial charge < -0.3 is 5.32 Å². The number of benzene rings is 3. The molecule has 168 valence electrons. The van der Waals surface area contributed by atoms with Gasteiger partial charge in [0.05, 0.1) is 18.0 Å². The van der Waals surface area contributed by atoms with Gasteiger partial charge >= 0.3 is 0 Å². The van der Waals surface area contributed by atoms with Gasteiger partial charge in [0.1, 0.15) is 0 Å². The summed E-state index contributed by atoms with van der Waals surface area (Å²) in [6.07, 6.45) is 1.85. The van der Waals surface area contributed by atoms with Crippen molar-refractivity contribution in [3.05, 3.63) is 101 Å². The van der Waals surface area contributed by atoms with Gasteiger partial charge in [-0.2, -0.15) is 0 Å². The standard InChI is InChI=1S/C26H30N2O3S/c1-20-11-9-15-23(19-20)26(22-13-5-4-6-14-22)27-25(29)17-10-18-28(32(3,30)31)24-16-8-7-12-21(24)2/h4-9,11-16,19,26H,10,17-18H2,1-3H3,(H,27,29). The summed E-state index contributed by atoms with van der Waals surface area (Å²) in [6.45, 7) is 4.16. The Kier molecular flexibility index (Phi) is 7.70. The van der Waals surface area contributed by atoms with E-state index in [9.17, 15) is 13.2 Å². The van der Waals surface area contributed by atoms with Crippen LogP contribution in [0.3, 0.4) is 0 Å². The minimum absolute atomic E-state index is 0.112. The maximum Gasteiger partial charge on any atom is 0.232 e. The summed E-state index contributed by atoms with van der Waals surface area (Å²) >= 11 is 0. The monoisotopic (exact) mass is 450 g/mol. The average Bonchev–Trinajstić information content (AvgIpc) is 2.75. The minimum atomic E-state index is -3.45. The largest absolute Gasteiger partial charge is 0.345 e. The number of hydrogen-bond acceptors (Lipinski definition) is 3. The fraction of sp³-hybridized carbons (Fsp3) is 0.269. The smallest absolute Gasteiger partial charge is 0.232 e. The number of nitrogens with zero attached hydrogens (tertiary/aromatic N) is 1. The van der Waals surface area contributed by atoms with Gasteiger partial charge in [-0.3, -0.25) is 9.10 Å². The summed E-state index contributed by atoms with van der Waals surface area (Å²) in [5, 5.41) is 3.13. The predicted molar refractivity (Wildman–Crippen MR) is 130 cm³/mol. The molecule has 0 saturated carbocycles. The normalized spacial score (nSPS) is 12.2. The van der Waals surface area contributed by atoms with E-state index in [2.05, 4.69) is 11.4 Å². The Morgan fingerprint density at radius 1 is 0.906 bits per heavy atom. The maximum atomic E-state index is 12.8. The van der Waals surface area contributed by atoms with Gasteiger partial charge in [-0.25, -0.2) is 8.42 Å². The number of carbonyl (C=O) groups is 1. The molecule has 32 heavy (non-hydrogen) atoms. The second-order valence-electron chi connectivity index (χ2n) is 8.05. The highest BCUT2D eigenvalue weighted by Crippen LogP contribution is 2.24. The van der Waals surface area contributed by atoms with Crippen molar-refractivity contribution in [2.24, 2.45) is 0 Å². The predicted octanol–water partition coefficient (Wildman–Crippen LogP) is 4.76. The summed E-state index contributed by atoms with van der Waals surface area (Å²) < 4.78 is 26.1. The van der Waals surface area contributed by atoms with Crippen molar-refractivity contribution in [3.63, 3.8) is 0 Å². The van der Waals surface area contributed by atoms with Gasteiger partial charge in [0, 0.05) is 13.0 Å². The van der Waals surface area contributed by atoms with Crippen LogP contribution >= 0.6 is 0 Å². The first-order valence-corrected chi connectivity index (χ1v) is 12.5. The molecular weight excluding hydrogens is 420 g/mol. The van der Waals surface area contributed by atoms with Gasteiger partial charge in [-0.15, -0.1) is 0 Å². The zero-order valence-corrected chi connectivity index (χ0v) is 19.6. The first kappa shape index (κ1) is 23.5. The van der Waals surface area contributed by atoms with Crippen molar-refractivity contribution in [2.45, 2.75) is 32.7 Å². The second kappa shape index (κ2) is 10.5.